The molecule has 0 saturated carbocycles. The van der Waals surface area contributed by atoms with E-state index in [1.807, 2.05) is 13.8 Å². The normalized spacial score (nSPS) is 12.2. The molecule has 0 saturated heterocycles. The van der Waals surface area contributed by atoms with Gasteiger partial charge in [-0.25, -0.2) is 0 Å². The van der Waals surface area contributed by atoms with Gasteiger partial charge in [0.05, 0.1) is 0 Å². The molecule has 0 bridgehead atoms. The van der Waals surface area contributed by atoms with E-state index >= 15 is 0 Å². The first kappa shape index (κ1) is 15.4. The Hall–Kier alpha value is -0.0400. The fraction of sp³-hybridized carbons (Fsp3) is 1.00. The van der Waals surface area contributed by atoms with Crippen molar-refractivity contribution in [1.29, 1.82) is 0 Å². The van der Waals surface area contributed by atoms with Gasteiger partial charge in [0.15, 0.2) is 0 Å². The van der Waals surface area contributed by atoms with Crippen LogP contribution in [0.4, 0.5) is 0 Å². The van der Waals surface area contributed by atoms with Crippen LogP contribution in [0.3, 0.4) is 0 Å². The molecule has 0 aromatic heterocycles. The minimum atomic E-state index is 0.828. The monoisotopic (exact) mass is 187 g/mol. The van der Waals surface area contributed by atoms with Crippen LogP contribution in [0.5, 0.6) is 0 Å². The molecule has 0 aromatic carbocycles. The molecule has 82 valence electrons. The highest BCUT2D eigenvalue weighted by Crippen LogP contribution is 2.15. The molecule has 0 rings (SSSR count). The van der Waals surface area contributed by atoms with Crippen molar-refractivity contribution in [3.8, 4) is 0 Å². The standard InChI is InChI=1S/C10H23N.C2H6/c1-5-7-10(9(3)4)8-11-6-2;1-2/h9-11H,5-8H2,1-4H3;1-2H3. The third-order valence-corrected chi connectivity index (χ3v) is 2.26. The summed E-state index contributed by atoms with van der Waals surface area (Å²) < 4.78 is 0. The molecular formula is C12H29N. The van der Waals surface area contributed by atoms with Gasteiger partial charge in [-0.15, -0.1) is 0 Å². The molecule has 0 aliphatic heterocycles. The fourth-order valence-electron chi connectivity index (χ4n) is 1.37. The molecule has 0 aliphatic carbocycles. The second-order valence-electron chi connectivity index (χ2n) is 3.60. The summed E-state index contributed by atoms with van der Waals surface area (Å²) in [6, 6.07) is 0. The molecule has 0 amide bonds. The Kier molecular flexibility index (Phi) is 14.2. The van der Waals surface area contributed by atoms with E-state index in [1.54, 1.807) is 0 Å². The van der Waals surface area contributed by atoms with Crippen LogP contribution in [0.1, 0.15) is 54.4 Å². The fourth-order valence-corrected chi connectivity index (χ4v) is 1.37. The van der Waals surface area contributed by atoms with Crippen LogP contribution in [0.25, 0.3) is 0 Å². The zero-order chi connectivity index (χ0) is 10.7. The second-order valence-corrected chi connectivity index (χ2v) is 3.60. The summed E-state index contributed by atoms with van der Waals surface area (Å²) in [5.41, 5.74) is 0. The number of hydrogen-bond donors (Lipinski definition) is 1. The van der Waals surface area contributed by atoms with Crippen LogP contribution in [-0.2, 0) is 0 Å². The van der Waals surface area contributed by atoms with Gasteiger partial charge < -0.3 is 5.32 Å². The van der Waals surface area contributed by atoms with Crippen LogP contribution in [0.15, 0.2) is 0 Å². The van der Waals surface area contributed by atoms with Gasteiger partial charge in [-0.3, -0.25) is 0 Å². The molecule has 0 spiro atoms. The van der Waals surface area contributed by atoms with Gasteiger partial charge in [-0.2, -0.15) is 0 Å². The summed E-state index contributed by atoms with van der Waals surface area (Å²) in [5.74, 6) is 1.70. The van der Waals surface area contributed by atoms with Crippen molar-refractivity contribution in [2.45, 2.75) is 54.4 Å². The van der Waals surface area contributed by atoms with Gasteiger partial charge >= 0.3 is 0 Å². The van der Waals surface area contributed by atoms with E-state index in [4.69, 9.17) is 0 Å². The minimum absolute atomic E-state index is 0.828. The van der Waals surface area contributed by atoms with E-state index in [0.717, 1.165) is 18.4 Å². The molecule has 0 heterocycles. The Labute approximate surface area is 85.3 Å². The number of rotatable bonds is 6. The molecule has 1 heteroatoms. The summed E-state index contributed by atoms with van der Waals surface area (Å²) in [7, 11) is 0. The molecule has 1 atom stereocenters. The lowest BCUT2D eigenvalue weighted by atomic mass is 9.91. The van der Waals surface area contributed by atoms with Gasteiger partial charge in [0.1, 0.15) is 0 Å². The van der Waals surface area contributed by atoms with Gasteiger partial charge in [-0.05, 0) is 31.3 Å². The zero-order valence-electron chi connectivity index (χ0n) is 10.5. The summed E-state index contributed by atoms with van der Waals surface area (Å²) in [6.45, 7) is 15.4. The highest BCUT2D eigenvalue weighted by atomic mass is 14.8. The lowest BCUT2D eigenvalue weighted by Gasteiger charge is -2.20. The Bertz CT molecular complexity index is 79.2. The largest absolute Gasteiger partial charge is 0.317 e. The van der Waals surface area contributed by atoms with Crippen molar-refractivity contribution in [3.63, 3.8) is 0 Å². The van der Waals surface area contributed by atoms with Crippen molar-refractivity contribution in [2.75, 3.05) is 13.1 Å². The van der Waals surface area contributed by atoms with Crippen molar-refractivity contribution >= 4 is 0 Å². The summed E-state index contributed by atoms with van der Waals surface area (Å²) in [5, 5.41) is 3.41. The molecule has 1 unspecified atom stereocenters. The highest BCUT2D eigenvalue weighted by Gasteiger charge is 2.10. The first-order chi connectivity index (χ1) is 6.22. The maximum Gasteiger partial charge on any atom is -0.00182 e. The van der Waals surface area contributed by atoms with Crippen LogP contribution >= 0.6 is 0 Å². The molecule has 13 heavy (non-hydrogen) atoms. The quantitative estimate of drug-likeness (QED) is 0.668. The maximum atomic E-state index is 3.41. The lowest BCUT2D eigenvalue weighted by Crippen LogP contribution is -2.25. The SMILES string of the molecule is CC.CCCC(CNCC)C(C)C. The van der Waals surface area contributed by atoms with Crippen molar-refractivity contribution in [3.05, 3.63) is 0 Å². The molecule has 0 radical (unpaired) electrons. The number of nitrogens with one attached hydrogen (secondary N) is 1. The molecule has 0 aromatic rings. The van der Waals surface area contributed by atoms with Crippen LogP contribution in [-0.4, -0.2) is 13.1 Å². The molecule has 0 aliphatic rings. The van der Waals surface area contributed by atoms with Gasteiger partial charge in [0.25, 0.3) is 0 Å². The summed E-state index contributed by atoms with van der Waals surface area (Å²) >= 11 is 0. The average Bonchev–Trinajstić information content (AvgIpc) is 2.15. The van der Waals surface area contributed by atoms with Crippen LogP contribution < -0.4 is 5.32 Å². The Morgan fingerprint density at radius 2 is 1.62 bits per heavy atom. The van der Waals surface area contributed by atoms with Gasteiger partial charge in [0.2, 0.25) is 0 Å². The van der Waals surface area contributed by atoms with E-state index in [9.17, 15) is 0 Å². The Morgan fingerprint density at radius 1 is 1.08 bits per heavy atom. The number of hydrogen-bond acceptors (Lipinski definition) is 1. The van der Waals surface area contributed by atoms with Crippen molar-refractivity contribution < 1.29 is 0 Å². The summed E-state index contributed by atoms with van der Waals surface area (Å²) in [6.07, 6.45) is 2.68. The minimum Gasteiger partial charge on any atom is -0.317 e. The predicted octanol–water partition coefficient (Wildman–Crippen LogP) is 3.69. The first-order valence-electron chi connectivity index (χ1n) is 5.93. The molecular weight excluding hydrogens is 158 g/mol. The maximum absolute atomic E-state index is 3.41. The van der Waals surface area contributed by atoms with E-state index in [-0.39, 0.29) is 0 Å². The average molecular weight is 187 g/mol. The van der Waals surface area contributed by atoms with Gasteiger partial charge in [0, 0.05) is 0 Å². The zero-order valence-corrected chi connectivity index (χ0v) is 10.5. The topological polar surface area (TPSA) is 12.0 Å². The molecule has 1 nitrogen and oxygen atoms in total. The highest BCUT2D eigenvalue weighted by molar-refractivity contribution is 4.64. The third-order valence-electron chi connectivity index (χ3n) is 2.26. The third kappa shape index (κ3) is 9.88. The van der Waals surface area contributed by atoms with Crippen molar-refractivity contribution in [1.82, 2.24) is 5.32 Å². The predicted molar refractivity (Wildman–Crippen MR) is 63.1 cm³/mol. The second kappa shape index (κ2) is 12.0. The van der Waals surface area contributed by atoms with E-state index in [1.165, 1.54) is 19.4 Å². The van der Waals surface area contributed by atoms with Crippen molar-refractivity contribution in [2.24, 2.45) is 11.8 Å². The van der Waals surface area contributed by atoms with E-state index in [0.29, 0.717) is 0 Å². The first-order valence-corrected chi connectivity index (χ1v) is 5.93. The van der Waals surface area contributed by atoms with E-state index < -0.39 is 0 Å². The van der Waals surface area contributed by atoms with Crippen LogP contribution in [0, 0.1) is 11.8 Å². The van der Waals surface area contributed by atoms with Crippen LogP contribution in [0.2, 0.25) is 0 Å². The Morgan fingerprint density at radius 3 is 1.92 bits per heavy atom. The Balaban J connectivity index is 0. The van der Waals surface area contributed by atoms with Gasteiger partial charge in [-0.1, -0.05) is 48.0 Å². The van der Waals surface area contributed by atoms with E-state index in [2.05, 4.69) is 33.0 Å². The smallest absolute Gasteiger partial charge is 0.00182 e. The molecule has 1 N–H and O–H groups in total. The summed E-state index contributed by atoms with van der Waals surface area (Å²) in [4.78, 5) is 0. The lowest BCUT2D eigenvalue weighted by molar-refractivity contribution is 0.341. The molecule has 0 fully saturated rings.